The maximum atomic E-state index is 12.0. The number of rotatable bonds is 7. The van der Waals surface area contributed by atoms with Crippen LogP contribution in [0.2, 0.25) is 0 Å². The third kappa shape index (κ3) is 7.34. The van der Waals surface area contributed by atoms with Gasteiger partial charge in [0.05, 0.1) is 5.92 Å². The number of nitrogens with two attached hydrogens (primary N) is 1. The van der Waals surface area contributed by atoms with E-state index in [1.807, 2.05) is 6.92 Å². The largest absolute Gasteiger partial charge is 0.396 e. The van der Waals surface area contributed by atoms with E-state index in [-0.39, 0.29) is 29.9 Å². The second-order valence-corrected chi connectivity index (χ2v) is 5.82. The van der Waals surface area contributed by atoms with E-state index in [4.69, 9.17) is 10.8 Å². The molecule has 0 radical (unpaired) electrons. The van der Waals surface area contributed by atoms with E-state index < -0.39 is 0 Å². The molecule has 0 fully saturated rings. The number of aliphatic hydroxyl groups is 1. The molecule has 0 aliphatic carbocycles. The van der Waals surface area contributed by atoms with Gasteiger partial charge in [-0.2, -0.15) is 0 Å². The van der Waals surface area contributed by atoms with Gasteiger partial charge in [-0.3, -0.25) is 4.79 Å². The highest BCUT2D eigenvalue weighted by Crippen LogP contribution is 2.24. The fourth-order valence-electron chi connectivity index (χ4n) is 1.88. The molecule has 2 atom stereocenters. The molecule has 102 valence electrons. The van der Waals surface area contributed by atoms with Gasteiger partial charge in [-0.25, -0.2) is 0 Å². The van der Waals surface area contributed by atoms with Crippen LogP contribution >= 0.6 is 0 Å². The van der Waals surface area contributed by atoms with Gasteiger partial charge in [0.2, 0.25) is 5.91 Å². The van der Waals surface area contributed by atoms with Crippen molar-refractivity contribution >= 4 is 5.91 Å². The van der Waals surface area contributed by atoms with E-state index in [9.17, 15) is 4.79 Å². The van der Waals surface area contributed by atoms with Crippen molar-refractivity contribution in [3.05, 3.63) is 0 Å². The maximum absolute atomic E-state index is 12.0. The Morgan fingerprint density at radius 3 is 2.35 bits per heavy atom. The monoisotopic (exact) mass is 244 g/mol. The number of carbonyl (C=O) groups is 1. The Bertz CT molecular complexity index is 224. The summed E-state index contributed by atoms with van der Waals surface area (Å²) in [5.74, 6) is -0.120. The molecule has 0 bridgehead atoms. The van der Waals surface area contributed by atoms with Gasteiger partial charge in [0.1, 0.15) is 0 Å². The van der Waals surface area contributed by atoms with Gasteiger partial charge in [-0.1, -0.05) is 27.7 Å². The molecule has 4 N–H and O–H groups in total. The number of hydrogen-bond donors (Lipinski definition) is 3. The van der Waals surface area contributed by atoms with Crippen LogP contribution in [0.15, 0.2) is 0 Å². The molecule has 17 heavy (non-hydrogen) atoms. The number of carbonyl (C=O) groups excluding carboxylic acids is 1. The molecule has 0 saturated heterocycles. The van der Waals surface area contributed by atoms with Gasteiger partial charge in [0, 0.05) is 19.2 Å². The molecule has 0 aromatic heterocycles. The Morgan fingerprint density at radius 1 is 1.41 bits per heavy atom. The van der Waals surface area contributed by atoms with Gasteiger partial charge in [-0.15, -0.1) is 0 Å². The quantitative estimate of drug-likeness (QED) is 0.631. The first kappa shape index (κ1) is 16.4. The van der Waals surface area contributed by atoms with Crippen molar-refractivity contribution in [3.63, 3.8) is 0 Å². The zero-order valence-electron chi connectivity index (χ0n) is 11.6. The number of nitrogens with one attached hydrogen (secondary N) is 1. The Morgan fingerprint density at radius 2 is 2.00 bits per heavy atom. The highest BCUT2D eigenvalue weighted by molar-refractivity contribution is 5.79. The van der Waals surface area contributed by atoms with Gasteiger partial charge in [-0.05, 0) is 24.7 Å². The molecule has 0 saturated carbocycles. The van der Waals surface area contributed by atoms with Gasteiger partial charge in [0.15, 0.2) is 0 Å². The summed E-state index contributed by atoms with van der Waals surface area (Å²) in [6.45, 7) is 8.79. The summed E-state index contributed by atoms with van der Waals surface area (Å²) in [6, 6.07) is 0.0570. The fraction of sp³-hybridized carbons (Fsp3) is 0.923. The molecule has 0 aliphatic heterocycles. The van der Waals surface area contributed by atoms with Gasteiger partial charge >= 0.3 is 0 Å². The highest BCUT2D eigenvalue weighted by Gasteiger charge is 2.24. The Balaban J connectivity index is 4.33. The standard InChI is InChI=1S/C13H28N2O2/c1-5-11(6-7-16)15-12(17)10(9-14)8-13(2,3)4/h10-11,16H,5-9,14H2,1-4H3,(H,15,17). The van der Waals surface area contributed by atoms with Crippen molar-refractivity contribution in [1.82, 2.24) is 5.32 Å². The molecular formula is C13H28N2O2. The molecule has 4 nitrogen and oxygen atoms in total. The van der Waals surface area contributed by atoms with Crippen LogP contribution in [-0.2, 0) is 4.79 Å². The van der Waals surface area contributed by atoms with E-state index in [0.29, 0.717) is 13.0 Å². The minimum absolute atomic E-state index is 0.0164. The first-order valence-corrected chi connectivity index (χ1v) is 6.45. The van der Waals surface area contributed by atoms with E-state index in [1.54, 1.807) is 0 Å². The first-order chi connectivity index (χ1) is 7.84. The predicted octanol–water partition coefficient (Wildman–Crippen LogP) is 1.27. The van der Waals surface area contributed by atoms with E-state index in [0.717, 1.165) is 12.8 Å². The lowest BCUT2D eigenvalue weighted by Gasteiger charge is -2.26. The van der Waals surface area contributed by atoms with Crippen LogP contribution in [0, 0.1) is 11.3 Å². The summed E-state index contributed by atoms with van der Waals surface area (Å²) in [7, 11) is 0. The van der Waals surface area contributed by atoms with Crippen LogP contribution in [0.25, 0.3) is 0 Å². The average molecular weight is 244 g/mol. The van der Waals surface area contributed by atoms with Crippen molar-refractivity contribution in [1.29, 1.82) is 0 Å². The van der Waals surface area contributed by atoms with Gasteiger partial charge in [0.25, 0.3) is 0 Å². The molecule has 0 rings (SSSR count). The van der Waals surface area contributed by atoms with Crippen molar-refractivity contribution in [2.75, 3.05) is 13.2 Å². The molecule has 0 aromatic rings. The molecule has 4 heteroatoms. The summed E-state index contributed by atoms with van der Waals surface area (Å²) in [6.07, 6.45) is 2.22. The van der Waals surface area contributed by atoms with Crippen LogP contribution in [0.1, 0.15) is 47.0 Å². The molecule has 0 spiro atoms. The van der Waals surface area contributed by atoms with Crippen LogP contribution < -0.4 is 11.1 Å². The fourth-order valence-corrected chi connectivity index (χ4v) is 1.88. The minimum Gasteiger partial charge on any atom is -0.396 e. The number of hydrogen-bond acceptors (Lipinski definition) is 3. The molecule has 0 aromatic carbocycles. The first-order valence-electron chi connectivity index (χ1n) is 6.45. The zero-order valence-corrected chi connectivity index (χ0v) is 11.6. The summed E-state index contributed by atoms with van der Waals surface area (Å²) >= 11 is 0. The topological polar surface area (TPSA) is 75.3 Å². The summed E-state index contributed by atoms with van der Waals surface area (Å²) in [5, 5.41) is 11.8. The van der Waals surface area contributed by atoms with Crippen molar-refractivity contribution in [2.45, 2.75) is 53.0 Å². The van der Waals surface area contributed by atoms with Crippen molar-refractivity contribution in [2.24, 2.45) is 17.1 Å². The Kier molecular flexibility index (Phi) is 7.39. The van der Waals surface area contributed by atoms with Gasteiger partial charge < -0.3 is 16.2 Å². The van der Waals surface area contributed by atoms with Crippen molar-refractivity contribution in [3.8, 4) is 0 Å². The molecule has 2 unspecified atom stereocenters. The number of amides is 1. The summed E-state index contributed by atoms with van der Waals surface area (Å²) in [5.41, 5.74) is 5.76. The molecule has 1 amide bonds. The van der Waals surface area contributed by atoms with Crippen LogP contribution in [0.3, 0.4) is 0 Å². The Hall–Kier alpha value is -0.610. The lowest BCUT2D eigenvalue weighted by molar-refractivity contribution is -0.126. The molecular weight excluding hydrogens is 216 g/mol. The second kappa shape index (κ2) is 7.67. The van der Waals surface area contributed by atoms with Crippen molar-refractivity contribution < 1.29 is 9.90 Å². The second-order valence-electron chi connectivity index (χ2n) is 5.82. The summed E-state index contributed by atoms with van der Waals surface area (Å²) < 4.78 is 0. The van der Waals surface area contributed by atoms with E-state index >= 15 is 0 Å². The lowest BCUT2D eigenvalue weighted by Crippen LogP contribution is -2.42. The van der Waals surface area contributed by atoms with E-state index in [1.165, 1.54) is 0 Å². The lowest BCUT2D eigenvalue weighted by atomic mass is 9.84. The third-order valence-electron chi connectivity index (χ3n) is 2.83. The zero-order chi connectivity index (χ0) is 13.5. The highest BCUT2D eigenvalue weighted by atomic mass is 16.3. The van der Waals surface area contributed by atoms with Crippen LogP contribution in [0.5, 0.6) is 0 Å². The predicted molar refractivity (Wildman–Crippen MR) is 70.5 cm³/mol. The average Bonchev–Trinajstić information content (AvgIpc) is 2.23. The SMILES string of the molecule is CCC(CCO)NC(=O)C(CN)CC(C)(C)C. The molecule has 0 aliphatic rings. The smallest absolute Gasteiger partial charge is 0.224 e. The summed E-state index contributed by atoms with van der Waals surface area (Å²) in [4.78, 5) is 12.0. The third-order valence-corrected chi connectivity index (χ3v) is 2.83. The van der Waals surface area contributed by atoms with E-state index in [2.05, 4.69) is 26.1 Å². The minimum atomic E-state index is -0.136. The number of aliphatic hydroxyl groups excluding tert-OH is 1. The van der Waals surface area contributed by atoms with Crippen LogP contribution in [-0.4, -0.2) is 30.2 Å². The normalized spacial score (nSPS) is 15.4. The van der Waals surface area contributed by atoms with Crippen LogP contribution in [0.4, 0.5) is 0 Å². The molecule has 0 heterocycles. The Labute approximate surface area is 105 Å². The maximum Gasteiger partial charge on any atom is 0.224 e.